The van der Waals surface area contributed by atoms with Gasteiger partial charge >= 0.3 is 0 Å². The molecule has 6 heteroatoms. The van der Waals surface area contributed by atoms with Crippen molar-refractivity contribution in [3.8, 4) is 16.9 Å². The molecule has 0 saturated carbocycles. The molecule has 0 aliphatic rings. The number of aromatic nitrogens is 5. The number of nitrogens with zero attached hydrogens (tertiary/aromatic N) is 4. The molecule has 0 aliphatic carbocycles. The molecular formula is C11H8ClN5. The Morgan fingerprint density at radius 3 is 2.76 bits per heavy atom. The molecule has 0 aliphatic heterocycles. The third kappa shape index (κ3) is 1.81. The number of aromatic amines is 1. The van der Waals surface area contributed by atoms with Crippen LogP contribution >= 0.6 is 11.6 Å². The second kappa shape index (κ2) is 4.03. The monoisotopic (exact) mass is 245 g/mol. The van der Waals surface area contributed by atoms with E-state index in [9.17, 15) is 0 Å². The molecule has 84 valence electrons. The molecule has 1 aromatic carbocycles. The molecule has 2 aromatic heterocycles. The minimum Gasteiger partial charge on any atom is -0.283 e. The van der Waals surface area contributed by atoms with E-state index < -0.39 is 0 Å². The lowest BCUT2D eigenvalue weighted by Crippen LogP contribution is -1.93. The maximum atomic E-state index is 5.98. The molecule has 17 heavy (non-hydrogen) atoms. The summed E-state index contributed by atoms with van der Waals surface area (Å²) in [6.07, 6.45) is 5.02. The molecule has 0 unspecified atom stereocenters. The van der Waals surface area contributed by atoms with E-state index >= 15 is 0 Å². The average Bonchev–Trinajstić information content (AvgIpc) is 3.00. The Morgan fingerprint density at radius 1 is 1.18 bits per heavy atom. The van der Waals surface area contributed by atoms with Gasteiger partial charge in [-0.1, -0.05) is 23.7 Å². The molecule has 0 bridgehead atoms. The maximum Gasteiger partial charge on any atom is 0.168 e. The first-order chi connectivity index (χ1) is 8.34. The van der Waals surface area contributed by atoms with Crippen molar-refractivity contribution in [2.75, 3.05) is 0 Å². The largest absolute Gasteiger partial charge is 0.283 e. The summed E-state index contributed by atoms with van der Waals surface area (Å²) in [5.41, 5.74) is 1.95. The molecule has 1 N–H and O–H groups in total. The van der Waals surface area contributed by atoms with E-state index in [2.05, 4.69) is 20.4 Å². The van der Waals surface area contributed by atoms with Crippen molar-refractivity contribution in [3.63, 3.8) is 0 Å². The van der Waals surface area contributed by atoms with Gasteiger partial charge in [-0.3, -0.25) is 9.67 Å². The lowest BCUT2D eigenvalue weighted by atomic mass is 10.1. The molecule has 3 aromatic rings. The van der Waals surface area contributed by atoms with Gasteiger partial charge in [0.25, 0.3) is 0 Å². The van der Waals surface area contributed by atoms with Gasteiger partial charge in [0, 0.05) is 16.8 Å². The molecular weight excluding hydrogens is 238 g/mol. The van der Waals surface area contributed by atoms with Crippen LogP contribution in [0.3, 0.4) is 0 Å². The summed E-state index contributed by atoms with van der Waals surface area (Å²) in [6.45, 7) is 0. The lowest BCUT2D eigenvalue weighted by molar-refractivity contribution is 0.955. The SMILES string of the molecule is Clc1cccc(-c2c[nH]nc2-n2cnnc2)c1. The van der Waals surface area contributed by atoms with Crippen LogP contribution in [0.15, 0.2) is 43.1 Å². The highest BCUT2D eigenvalue weighted by atomic mass is 35.5. The predicted octanol–water partition coefficient (Wildman–Crippen LogP) is 2.31. The molecule has 0 radical (unpaired) electrons. The Kier molecular flexibility index (Phi) is 2.38. The van der Waals surface area contributed by atoms with Crippen LogP contribution in [0.1, 0.15) is 0 Å². The second-order valence-corrected chi connectivity index (χ2v) is 3.94. The molecule has 5 nitrogen and oxygen atoms in total. The van der Waals surface area contributed by atoms with Gasteiger partial charge in [0.05, 0.1) is 0 Å². The molecule has 0 fully saturated rings. The van der Waals surface area contributed by atoms with Crippen molar-refractivity contribution in [1.82, 2.24) is 25.0 Å². The highest BCUT2D eigenvalue weighted by molar-refractivity contribution is 6.30. The highest BCUT2D eigenvalue weighted by Crippen LogP contribution is 2.26. The fourth-order valence-corrected chi connectivity index (χ4v) is 1.85. The number of rotatable bonds is 2. The number of H-pyrrole nitrogens is 1. The van der Waals surface area contributed by atoms with E-state index in [0.29, 0.717) is 5.02 Å². The number of benzene rings is 1. The topological polar surface area (TPSA) is 59.4 Å². The van der Waals surface area contributed by atoms with Gasteiger partial charge in [0.2, 0.25) is 0 Å². The van der Waals surface area contributed by atoms with E-state index in [1.165, 1.54) is 0 Å². The standard InChI is InChI=1S/C11H8ClN5/c12-9-3-1-2-8(4-9)10-5-13-16-11(10)17-6-14-15-7-17/h1-7H,(H,13,16). The van der Waals surface area contributed by atoms with Gasteiger partial charge in [-0.25, -0.2) is 0 Å². The second-order valence-electron chi connectivity index (χ2n) is 3.50. The molecule has 0 spiro atoms. The summed E-state index contributed by atoms with van der Waals surface area (Å²) < 4.78 is 1.74. The molecule has 0 saturated heterocycles. The quantitative estimate of drug-likeness (QED) is 0.754. The number of nitrogens with one attached hydrogen (secondary N) is 1. The van der Waals surface area contributed by atoms with Crippen LogP contribution < -0.4 is 0 Å². The fraction of sp³-hybridized carbons (Fsp3) is 0. The Labute approximate surface area is 102 Å². The number of hydrogen-bond donors (Lipinski definition) is 1. The van der Waals surface area contributed by atoms with Crippen molar-refractivity contribution in [2.45, 2.75) is 0 Å². The zero-order valence-corrected chi connectivity index (χ0v) is 9.46. The normalized spacial score (nSPS) is 10.6. The first-order valence-corrected chi connectivity index (χ1v) is 5.37. The average molecular weight is 246 g/mol. The summed E-state index contributed by atoms with van der Waals surface area (Å²) in [5, 5.41) is 15.2. The van der Waals surface area contributed by atoms with Crippen molar-refractivity contribution in [2.24, 2.45) is 0 Å². The van der Waals surface area contributed by atoms with Crippen LogP contribution in [0.5, 0.6) is 0 Å². The maximum absolute atomic E-state index is 5.98. The van der Waals surface area contributed by atoms with Crippen LogP contribution in [-0.2, 0) is 0 Å². The van der Waals surface area contributed by atoms with Gasteiger partial charge < -0.3 is 0 Å². The van der Waals surface area contributed by atoms with Crippen molar-refractivity contribution in [1.29, 1.82) is 0 Å². The molecule has 0 atom stereocenters. The zero-order valence-electron chi connectivity index (χ0n) is 8.71. The first kappa shape index (κ1) is 10.0. The minimum atomic E-state index is 0.693. The van der Waals surface area contributed by atoms with Crippen LogP contribution in [-0.4, -0.2) is 25.0 Å². The molecule has 0 amide bonds. The van der Waals surface area contributed by atoms with Crippen LogP contribution in [0.4, 0.5) is 0 Å². The molecule has 3 rings (SSSR count). The highest BCUT2D eigenvalue weighted by Gasteiger charge is 2.10. The van der Waals surface area contributed by atoms with Crippen molar-refractivity contribution in [3.05, 3.63) is 48.1 Å². The van der Waals surface area contributed by atoms with Crippen molar-refractivity contribution < 1.29 is 0 Å². The fourth-order valence-electron chi connectivity index (χ4n) is 1.66. The predicted molar refractivity (Wildman–Crippen MR) is 64.0 cm³/mol. The van der Waals surface area contributed by atoms with Gasteiger partial charge in [-0.05, 0) is 17.7 Å². The Bertz CT molecular complexity index is 629. The van der Waals surface area contributed by atoms with Crippen molar-refractivity contribution >= 4 is 11.6 Å². The summed E-state index contributed by atoms with van der Waals surface area (Å²) >= 11 is 5.98. The van der Waals surface area contributed by atoms with Gasteiger partial charge in [-0.2, -0.15) is 5.10 Å². The van der Waals surface area contributed by atoms with E-state index in [1.54, 1.807) is 17.2 Å². The van der Waals surface area contributed by atoms with Gasteiger partial charge in [0.1, 0.15) is 12.7 Å². The first-order valence-electron chi connectivity index (χ1n) is 4.99. The summed E-state index contributed by atoms with van der Waals surface area (Å²) in [6, 6.07) is 7.61. The van der Waals surface area contributed by atoms with Gasteiger partial charge in [-0.15, -0.1) is 10.2 Å². The number of halogens is 1. The van der Waals surface area contributed by atoms with Gasteiger partial charge in [0.15, 0.2) is 5.82 Å². The zero-order chi connectivity index (χ0) is 11.7. The Morgan fingerprint density at radius 2 is 2.00 bits per heavy atom. The lowest BCUT2D eigenvalue weighted by Gasteiger charge is -2.02. The van der Waals surface area contributed by atoms with E-state index in [1.807, 2.05) is 30.5 Å². The smallest absolute Gasteiger partial charge is 0.168 e. The van der Waals surface area contributed by atoms with E-state index in [-0.39, 0.29) is 0 Å². The van der Waals surface area contributed by atoms with E-state index in [4.69, 9.17) is 11.6 Å². The third-order valence-electron chi connectivity index (χ3n) is 2.42. The number of hydrogen-bond acceptors (Lipinski definition) is 3. The summed E-state index contributed by atoms with van der Waals surface area (Å²) in [7, 11) is 0. The van der Waals surface area contributed by atoms with Crippen LogP contribution in [0.2, 0.25) is 5.02 Å². The summed E-state index contributed by atoms with van der Waals surface area (Å²) in [5.74, 6) is 0.747. The Balaban J connectivity index is 2.14. The van der Waals surface area contributed by atoms with Crippen LogP contribution in [0, 0.1) is 0 Å². The third-order valence-corrected chi connectivity index (χ3v) is 2.65. The Hall–Kier alpha value is -2.14. The van der Waals surface area contributed by atoms with Crippen LogP contribution in [0.25, 0.3) is 16.9 Å². The van der Waals surface area contributed by atoms with E-state index in [0.717, 1.165) is 16.9 Å². The summed E-state index contributed by atoms with van der Waals surface area (Å²) in [4.78, 5) is 0. The minimum absolute atomic E-state index is 0.693. The molecule has 2 heterocycles.